The Kier molecular flexibility index (Phi) is 8.83. The first kappa shape index (κ1) is 36.1. The molecule has 4 aliphatic rings. The van der Waals surface area contributed by atoms with Gasteiger partial charge in [-0.15, -0.1) is 0 Å². The second-order valence-electron chi connectivity index (χ2n) is 14.8. The molecule has 8 rings (SSSR count). The molecule has 2 saturated heterocycles. The molecule has 1 N–H and O–H groups in total. The summed E-state index contributed by atoms with van der Waals surface area (Å²) in [7, 11) is 5.35. The van der Waals surface area contributed by atoms with Crippen LogP contribution in [0.25, 0.3) is 0 Å². The van der Waals surface area contributed by atoms with Crippen LogP contribution < -0.4 is 19.4 Å². The lowest BCUT2D eigenvalue weighted by atomic mass is 9.51. The second-order valence-corrected chi connectivity index (χ2v) is 15.2. The minimum atomic E-state index is -1.46. The summed E-state index contributed by atoms with van der Waals surface area (Å²) < 4.78 is 19.9. The zero-order valence-electron chi connectivity index (χ0n) is 30.4. The third-order valence-corrected chi connectivity index (χ3v) is 12.0. The van der Waals surface area contributed by atoms with E-state index in [0.29, 0.717) is 33.9 Å². The van der Waals surface area contributed by atoms with Crippen LogP contribution in [0.5, 0.6) is 11.5 Å². The van der Waals surface area contributed by atoms with E-state index in [2.05, 4.69) is 10.2 Å². The highest BCUT2D eigenvalue weighted by Gasteiger charge is 2.68. The highest BCUT2D eigenvalue weighted by Crippen LogP contribution is 2.65. The van der Waals surface area contributed by atoms with E-state index < -0.39 is 58.5 Å². The Labute approximate surface area is 321 Å². The number of anilines is 3. The van der Waals surface area contributed by atoms with Gasteiger partial charge in [0.15, 0.2) is 0 Å². The fourth-order valence-corrected chi connectivity index (χ4v) is 9.22. The Hall–Kier alpha value is -5.88. The number of phenols is 1. The van der Waals surface area contributed by atoms with Crippen molar-refractivity contribution < 1.29 is 33.4 Å². The van der Waals surface area contributed by atoms with Gasteiger partial charge in [0.1, 0.15) is 17.3 Å². The highest BCUT2D eigenvalue weighted by atomic mass is 35.5. The first-order valence-electron chi connectivity index (χ1n) is 17.9. The molecule has 2 heterocycles. The van der Waals surface area contributed by atoms with E-state index in [1.165, 1.54) is 30.2 Å². The summed E-state index contributed by atoms with van der Waals surface area (Å²) in [6.45, 7) is 1.69. The van der Waals surface area contributed by atoms with Crippen LogP contribution in [0.1, 0.15) is 31.2 Å². The van der Waals surface area contributed by atoms with Crippen molar-refractivity contribution in [3.63, 3.8) is 0 Å². The molecule has 2 aliphatic heterocycles. The van der Waals surface area contributed by atoms with Crippen molar-refractivity contribution in [1.82, 2.24) is 0 Å². The lowest BCUT2D eigenvalue weighted by molar-refractivity contribution is -0.131. The number of carbonyl (C=O) groups excluding carboxylic acids is 4. The smallest absolute Gasteiger partial charge is 0.241 e. The fraction of sp³-hybridized carbons (Fsp3) is 0.286. The number of methoxy groups -OCH3 is 1. The normalized spacial score (nSPS) is 25.9. The average molecular weight is 762 g/mol. The molecule has 0 aromatic heterocycles. The molecule has 1 saturated carbocycles. The fourth-order valence-electron chi connectivity index (χ4n) is 9.05. The van der Waals surface area contributed by atoms with Crippen molar-refractivity contribution in [2.75, 3.05) is 35.9 Å². The van der Waals surface area contributed by atoms with Crippen LogP contribution in [0.15, 0.2) is 107 Å². The Bertz CT molecular complexity index is 2330. The van der Waals surface area contributed by atoms with Gasteiger partial charge >= 0.3 is 0 Å². The molecule has 0 spiro atoms. The predicted molar refractivity (Wildman–Crippen MR) is 205 cm³/mol. The van der Waals surface area contributed by atoms with Gasteiger partial charge in [-0.05, 0) is 105 Å². The van der Waals surface area contributed by atoms with Gasteiger partial charge in [-0.2, -0.15) is 10.2 Å². The standard InChI is InChI=1S/C42H37ClFN5O6/c1-42-30(39(52)49(41(42)54)26-16-19-32(44)31(43)20-26)21-29-27(37(42)36-33(50)6-5-7-34(36)55-4)17-18-28-35(29)40(53)48(38(28)51)25-14-10-23(11-15-25)46-45-22-8-12-24(13-9-22)47(2)3/h5-17,19-20,28-30,35,37,50H,18,21H2,1-4H3/t28-,29+,30-,35-,37+,42+/m0/s1. The largest absolute Gasteiger partial charge is 0.508 e. The topological polar surface area (TPSA) is 132 Å². The van der Waals surface area contributed by atoms with Crippen molar-refractivity contribution in [2.45, 2.75) is 25.7 Å². The summed E-state index contributed by atoms with van der Waals surface area (Å²) >= 11 is 6.11. The zero-order valence-corrected chi connectivity index (χ0v) is 31.2. The van der Waals surface area contributed by atoms with Gasteiger partial charge in [0.05, 0.1) is 58.1 Å². The molecule has 11 nitrogen and oxygen atoms in total. The van der Waals surface area contributed by atoms with E-state index in [4.69, 9.17) is 16.3 Å². The summed E-state index contributed by atoms with van der Waals surface area (Å²) in [6.07, 6.45) is 2.19. The molecular weight excluding hydrogens is 725 g/mol. The van der Waals surface area contributed by atoms with Gasteiger partial charge in [0.25, 0.3) is 0 Å². The van der Waals surface area contributed by atoms with Crippen molar-refractivity contribution >= 4 is 63.7 Å². The molecule has 0 bridgehead atoms. The SMILES string of the molecule is COc1cccc(O)c1[C@H]1C2=CC[C@@H]3C(=O)N(c4ccc(N=Nc5ccc(N(C)C)cc5)cc4)C(=O)[C@@H]3[C@@H]2C[C@H]2C(=O)N(c3ccc(F)c(Cl)c3)C(=O)[C@@]12C. The number of benzene rings is 4. The molecule has 55 heavy (non-hydrogen) atoms. The van der Waals surface area contributed by atoms with E-state index in [1.807, 2.05) is 49.3 Å². The summed E-state index contributed by atoms with van der Waals surface area (Å²) in [4.78, 5) is 62.0. The lowest BCUT2D eigenvalue weighted by Gasteiger charge is -2.49. The maximum atomic E-state index is 14.7. The lowest BCUT2D eigenvalue weighted by Crippen LogP contribution is -2.49. The Balaban J connectivity index is 1.15. The van der Waals surface area contributed by atoms with Gasteiger partial charge in [0, 0.05) is 31.3 Å². The molecule has 6 atom stereocenters. The second kappa shape index (κ2) is 13.5. The number of hydrogen-bond donors (Lipinski definition) is 1. The number of phenolic OH excluding ortho intramolecular Hbond substituents is 1. The number of allylic oxidation sites excluding steroid dienone is 2. The summed E-state index contributed by atoms with van der Waals surface area (Å²) in [5.41, 5.74) is 2.25. The van der Waals surface area contributed by atoms with E-state index in [-0.39, 0.29) is 35.2 Å². The maximum Gasteiger partial charge on any atom is 0.241 e. The number of azo groups is 1. The number of fused-ring (bicyclic) bond motifs is 4. The number of nitrogens with zero attached hydrogens (tertiary/aromatic N) is 5. The number of aromatic hydroxyl groups is 1. The molecule has 280 valence electrons. The minimum Gasteiger partial charge on any atom is -0.508 e. The molecule has 13 heteroatoms. The van der Waals surface area contributed by atoms with Gasteiger partial charge < -0.3 is 14.7 Å². The predicted octanol–water partition coefficient (Wildman–Crippen LogP) is 8.11. The number of ether oxygens (including phenoxy) is 1. The molecule has 0 radical (unpaired) electrons. The van der Waals surface area contributed by atoms with E-state index >= 15 is 0 Å². The molecule has 2 aliphatic carbocycles. The first-order valence-corrected chi connectivity index (χ1v) is 18.3. The first-order chi connectivity index (χ1) is 26.3. The van der Waals surface area contributed by atoms with Crippen molar-refractivity contribution in [2.24, 2.45) is 39.3 Å². The van der Waals surface area contributed by atoms with Crippen LogP contribution in [-0.2, 0) is 19.2 Å². The van der Waals surface area contributed by atoms with Gasteiger partial charge in [-0.1, -0.05) is 29.3 Å². The number of rotatable bonds is 7. The van der Waals surface area contributed by atoms with Crippen LogP contribution in [0, 0.1) is 34.9 Å². The minimum absolute atomic E-state index is 0.0909. The summed E-state index contributed by atoms with van der Waals surface area (Å²) in [6, 6.07) is 22.7. The van der Waals surface area contributed by atoms with E-state index in [0.717, 1.165) is 16.7 Å². The molecule has 4 aromatic carbocycles. The van der Waals surface area contributed by atoms with E-state index in [1.54, 1.807) is 43.3 Å². The van der Waals surface area contributed by atoms with Crippen LogP contribution in [-0.4, -0.2) is 49.9 Å². The zero-order chi connectivity index (χ0) is 38.9. The van der Waals surface area contributed by atoms with Crippen LogP contribution in [0.3, 0.4) is 0 Å². The number of halogens is 2. The van der Waals surface area contributed by atoms with Gasteiger partial charge in [-0.3, -0.25) is 24.1 Å². The number of imide groups is 2. The van der Waals surface area contributed by atoms with Crippen LogP contribution in [0.4, 0.5) is 32.8 Å². The quantitative estimate of drug-likeness (QED) is 0.114. The number of amides is 4. The molecule has 3 fully saturated rings. The van der Waals surface area contributed by atoms with Gasteiger partial charge in [0.2, 0.25) is 23.6 Å². The summed E-state index contributed by atoms with van der Waals surface area (Å²) in [5, 5.41) is 19.8. The van der Waals surface area contributed by atoms with Crippen molar-refractivity contribution in [3.05, 3.63) is 113 Å². The molecule has 0 unspecified atom stereocenters. The Morgan fingerprint density at radius 1 is 0.855 bits per heavy atom. The number of carbonyl (C=O) groups is 4. The van der Waals surface area contributed by atoms with Crippen molar-refractivity contribution in [3.8, 4) is 11.5 Å². The van der Waals surface area contributed by atoms with Crippen LogP contribution in [0.2, 0.25) is 5.02 Å². The third kappa shape index (κ3) is 5.61. The Morgan fingerprint density at radius 3 is 2.15 bits per heavy atom. The summed E-state index contributed by atoms with van der Waals surface area (Å²) in [5.74, 6) is -6.47. The molecule has 4 amide bonds. The van der Waals surface area contributed by atoms with Crippen molar-refractivity contribution in [1.29, 1.82) is 0 Å². The Morgan fingerprint density at radius 2 is 1.51 bits per heavy atom. The average Bonchev–Trinajstić information content (AvgIpc) is 3.55. The van der Waals surface area contributed by atoms with E-state index in [9.17, 15) is 28.7 Å². The third-order valence-electron chi connectivity index (χ3n) is 11.7. The molecular formula is C42H37ClFN5O6. The maximum absolute atomic E-state index is 14.7. The van der Waals surface area contributed by atoms with Crippen LogP contribution >= 0.6 is 11.6 Å². The number of hydrogen-bond acceptors (Lipinski definition) is 9. The highest BCUT2D eigenvalue weighted by molar-refractivity contribution is 6.32. The monoisotopic (exact) mass is 761 g/mol. The van der Waals surface area contributed by atoms with Gasteiger partial charge in [-0.25, -0.2) is 9.29 Å². The molecule has 4 aromatic rings.